The van der Waals surface area contributed by atoms with Gasteiger partial charge in [0.25, 0.3) is 5.91 Å². The Morgan fingerprint density at radius 2 is 2.06 bits per heavy atom. The summed E-state index contributed by atoms with van der Waals surface area (Å²) in [6.07, 6.45) is 7.24. The maximum absolute atomic E-state index is 14.9. The van der Waals surface area contributed by atoms with Crippen LogP contribution in [-0.4, -0.2) is 60.5 Å². The molecule has 11 heteroatoms. The SMILES string of the molecule is CN1C(=O)CCN(C2CCCC2)c2nc(Nc3cc(F)c(C(=O)N[C@@H]4CCNC4)cc3Cl)ncc21. The van der Waals surface area contributed by atoms with E-state index < -0.39 is 11.7 Å². The van der Waals surface area contributed by atoms with E-state index in [1.165, 1.54) is 12.1 Å². The van der Waals surface area contributed by atoms with Gasteiger partial charge in [-0.15, -0.1) is 0 Å². The molecule has 0 radical (unpaired) electrons. The number of rotatable bonds is 5. The van der Waals surface area contributed by atoms with Crippen molar-refractivity contribution in [1.29, 1.82) is 0 Å². The van der Waals surface area contributed by atoms with Crippen LogP contribution in [-0.2, 0) is 4.79 Å². The van der Waals surface area contributed by atoms with Crippen LogP contribution in [0.25, 0.3) is 0 Å². The summed E-state index contributed by atoms with van der Waals surface area (Å²) in [6.45, 7) is 2.07. The summed E-state index contributed by atoms with van der Waals surface area (Å²) in [4.78, 5) is 37.9. The van der Waals surface area contributed by atoms with Gasteiger partial charge in [0.1, 0.15) is 11.5 Å². The van der Waals surface area contributed by atoms with Crippen LogP contribution in [0.5, 0.6) is 0 Å². The average molecular weight is 502 g/mol. The van der Waals surface area contributed by atoms with Gasteiger partial charge in [-0.2, -0.15) is 4.98 Å². The third kappa shape index (κ3) is 4.90. The van der Waals surface area contributed by atoms with Gasteiger partial charge in [0.05, 0.1) is 22.5 Å². The Balaban J connectivity index is 1.40. The predicted molar refractivity (Wildman–Crippen MR) is 133 cm³/mol. The van der Waals surface area contributed by atoms with Crippen molar-refractivity contribution in [3.63, 3.8) is 0 Å². The minimum Gasteiger partial charge on any atom is -0.351 e. The molecule has 5 rings (SSSR count). The van der Waals surface area contributed by atoms with Crippen LogP contribution in [0.4, 0.5) is 27.5 Å². The third-order valence-electron chi connectivity index (χ3n) is 7.03. The summed E-state index contributed by atoms with van der Waals surface area (Å²) in [7, 11) is 1.73. The van der Waals surface area contributed by atoms with E-state index in [1.807, 2.05) is 0 Å². The maximum Gasteiger partial charge on any atom is 0.254 e. The molecular formula is C24H29ClFN7O2. The Kier molecular flexibility index (Phi) is 6.75. The molecule has 1 saturated carbocycles. The molecule has 186 valence electrons. The Morgan fingerprint density at radius 3 is 2.80 bits per heavy atom. The number of amides is 2. The molecule has 2 aromatic rings. The fourth-order valence-electron chi connectivity index (χ4n) is 5.05. The second-order valence-corrected chi connectivity index (χ2v) is 9.74. The van der Waals surface area contributed by atoms with Crippen molar-refractivity contribution in [3.8, 4) is 0 Å². The van der Waals surface area contributed by atoms with E-state index in [4.69, 9.17) is 16.6 Å². The Labute approximate surface area is 208 Å². The van der Waals surface area contributed by atoms with Crippen LogP contribution in [0.2, 0.25) is 5.02 Å². The number of hydrogen-bond donors (Lipinski definition) is 3. The minimum atomic E-state index is -0.687. The molecular weight excluding hydrogens is 473 g/mol. The lowest BCUT2D eigenvalue weighted by Crippen LogP contribution is -2.36. The summed E-state index contributed by atoms with van der Waals surface area (Å²) in [6, 6.07) is 2.80. The second kappa shape index (κ2) is 9.94. The Hall–Kier alpha value is -2.98. The van der Waals surface area contributed by atoms with E-state index in [0.717, 1.165) is 38.6 Å². The van der Waals surface area contributed by atoms with Gasteiger partial charge in [-0.05, 0) is 37.9 Å². The van der Waals surface area contributed by atoms with Crippen LogP contribution < -0.4 is 25.8 Å². The van der Waals surface area contributed by atoms with E-state index >= 15 is 0 Å². The Bertz CT molecular complexity index is 1140. The van der Waals surface area contributed by atoms with Crippen LogP contribution >= 0.6 is 11.6 Å². The van der Waals surface area contributed by atoms with Gasteiger partial charge in [-0.1, -0.05) is 24.4 Å². The highest BCUT2D eigenvalue weighted by Crippen LogP contribution is 2.36. The smallest absolute Gasteiger partial charge is 0.254 e. The molecule has 2 fully saturated rings. The molecule has 1 aliphatic carbocycles. The van der Waals surface area contributed by atoms with E-state index in [1.54, 1.807) is 18.1 Å². The van der Waals surface area contributed by atoms with Crippen molar-refractivity contribution >= 4 is 46.6 Å². The van der Waals surface area contributed by atoms with Gasteiger partial charge < -0.3 is 25.8 Å². The fraction of sp³-hybridized carbons (Fsp3) is 0.500. The van der Waals surface area contributed by atoms with E-state index in [9.17, 15) is 14.0 Å². The van der Waals surface area contributed by atoms with Gasteiger partial charge in [0.15, 0.2) is 5.82 Å². The summed E-state index contributed by atoms with van der Waals surface area (Å²) < 4.78 is 14.9. The highest BCUT2D eigenvalue weighted by atomic mass is 35.5. The second-order valence-electron chi connectivity index (χ2n) is 9.34. The quantitative estimate of drug-likeness (QED) is 0.578. The number of nitrogens with zero attached hydrogens (tertiary/aromatic N) is 4. The molecule has 3 aliphatic rings. The molecule has 0 spiro atoms. The molecule has 1 aromatic heterocycles. The van der Waals surface area contributed by atoms with Gasteiger partial charge in [0.2, 0.25) is 11.9 Å². The van der Waals surface area contributed by atoms with Crippen LogP contribution in [0.3, 0.4) is 0 Å². The highest BCUT2D eigenvalue weighted by Gasteiger charge is 2.32. The van der Waals surface area contributed by atoms with E-state index in [0.29, 0.717) is 37.1 Å². The highest BCUT2D eigenvalue weighted by molar-refractivity contribution is 6.33. The first kappa shape index (κ1) is 23.7. The monoisotopic (exact) mass is 501 g/mol. The number of aromatic nitrogens is 2. The van der Waals surface area contributed by atoms with E-state index in [-0.39, 0.29) is 34.2 Å². The molecule has 0 bridgehead atoms. The largest absolute Gasteiger partial charge is 0.351 e. The molecule has 3 N–H and O–H groups in total. The van der Waals surface area contributed by atoms with Crippen molar-refractivity contribution < 1.29 is 14.0 Å². The summed E-state index contributed by atoms with van der Waals surface area (Å²) in [5, 5.41) is 9.16. The van der Waals surface area contributed by atoms with Crippen molar-refractivity contribution in [1.82, 2.24) is 20.6 Å². The molecule has 1 aromatic carbocycles. The van der Waals surface area contributed by atoms with Gasteiger partial charge in [-0.3, -0.25) is 9.59 Å². The molecule has 2 aliphatic heterocycles. The van der Waals surface area contributed by atoms with Crippen molar-refractivity contribution in [2.45, 2.75) is 50.6 Å². The third-order valence-corrected chi connectivity index (χ3v) is 7.35. The minimum absolute atomic E-state index is 0.0171. The van der Waals surface area contributed by atoms with Crippen molar-refractivity contribution in [3.05, 3.63) is 34.7 Å². The Morgan fingerprint density at radius 1 is 1.26 bits per heavy atom. The van der Waals surface area contributed by atoms with E-state index in [2.05, 4.69) is 25.8 Å². The number of anilines is 4. The summed E-state index contributed by atoms with van der Waals surface area (Å²) >= 11 is 6.42. The first-order valence-electron chi connectivity index (χ1n) is 12.1. The molecule has 35 heavy (non-hydrogen) atoms. The number of hydrogen-bond acceptors (Lipinski definition) is 7. The molecule has 1 atom stereocenters. The zero-order valence-electron chi connectivity index (χ0n) is 19.6. The first-order valence-corrected chi connectivity index (χ1v) is 12.5. The number of halogens is 2. The lowest BCUT2D eigenvalue weighted by Gasteiger charge is -2.30. The molecule has 0 unspecified atom stereocenters. The summed E-state index contributed by atoms with van der Waals surface area (Å²) in [5.41, 5.74) is 0.798. The number of carbonyl (C=O) groups is 2. The predicted octanol–water partition coefficient (Wildman–Crippen LogP) is 3.22. The fourth-order valence-corrected chi connectivity index (χ4v) is 5.26. The topological polar surface area (TPSA) is 102 Å². The number of benzene rings is 1. The van der Waals surface area contributed by atoms with Crippen LogP contribution in [0.1, 0.15) is 48.9 Å². The standard InChI is InChI=1S/C24H29ClFN7O2/c1-32-20-13-28-24(31-22(20)33(9-7-21(32)34)15-4-2-3-5-15)30-19-11-18(26)16(10-17(19)25)23(35)29-14-6-8-27-12-14/h10-11,13-15,27H,2-9,12H2,1H3,(H,29,35)(H,28,30,31)/t14-/m1/s1. The number of carbonyl (C=O) groups excluding carboxylic acids is 2. The molecule has 2 amide bonds. The van der Waals surface area contributed by atoms with Crippen LogP contribution in [0.15, 0.2) is 18.3 Å². The summed E-state index contributed by atoms with van der Waals surface area (Å²) in [5.74, 6) is -0.243. The van der Waals surface area contributed by atoms with Gasteiger partial charge >= 0.3 is 0 Å². The van der Waals surface area contributed by atoms with Gasteiger partial charge in [0, 0.05) is 38.6 Å². The molecule has 1 saturated heterocycles. The number of fused-ring (bicyclic) bond motifs is 1. The zero-order valence-corrected chi connectivity index (χ0v) is 20.4. The molecule has 3 heterocycles. The normalized spacial score (nSPS) is 20.7. The number of nitrogens with one attached hydrogen (secondary N) is 3. The average Bonchev–Trinajstić information content (AvgIpc) is 3.54. The van der Waals surface area contributed by atoms with Crippen molar-refractivity contribution in [2.75, 3.05) is 41.8 Å². The van der Waals surface area contributed by atoms with Crippen molar-refractivity contribution in [2.24, 2.45) is 0 Å². The maximum atomic E-state index is 14.9. The lowest BCUT2D eigenvalue weighted by molar-refractivity contribution is -0.118. The lowest BCUT2D eigenvalue weighted by atomic mass is 10.1. The zero-order chi connectivity index (χ0) is 24.5. The van der Waals surface area contributed by atoms with Gasteiger partial charge in [-0.25, -0.2) is 9.37 Å². The molecule has 9 nitrogen and oxygen atoms in total. The van der Waals surface area contributed by atoms with Crippen LogP contribution in [0, 0.1) is 5.82 Å². The first-order chi connectivity index (χ1) is 16.9.